The smallest absolute Gasteiger partial charge is 0.163 e. The van der Waals surface area contributed by atoms with Gasteiger partial charge in [0.15, 0.2) is 5.78 Å². The number of halogens is 1. The minimum absolute atomic E-state index is 0.00104. The summed E-state index contributed by atoms with van der Waals surface area (Å²) < 4.78 is 6.00. The van der Waals surface area contributed by atoms with Crippen molar-refractivity contribution in [2.45, 2.75) is 51.6 Å². The highest BCUT2D eigenvalue weighted by molar-refractivity contribution is 6.31. The van der Waals surface area contributed by atoms with Crippen LogP contribution in [0.4, 0.5) is 0 Å². The molecule has 0 amide bonds. The first-order valence-electron chi connectivity index (χ1n) is 6.64. The number of carbonyl (C=O) groups is 1. The summed E-state index contributed by atoms with van der Waals surface area (Å²) in [5.74, 6) is 0.680. The minimum Gasteiger partial charge on any atom is -0.490 e. The van der Waals surface area contributed by atoms with Crippen molar-refractivity contribution in [1.29, 1.82) is 0 Å². The molecule has 1 aromatic carbocycles. The van der Waals surface area contributed by atoms with E-state index in [0.717, 1.165) is 12.8 Å². The van der Waals surface area contributed by atoms with E-state index in [4.69, 9.17) is 16.3 Å². The van der Waals surface area contributed by atoms with Crippen LogP contribution in [-0.4, -0.2) is 11.9 Å². The third kappa shape index (κ3) is 3.49. The Balaban J connectivity index is 2.14. The van der Waals surface area contributed by atoms with Gasteiger partial charge in [0.1, 0.15) is 5.75 Å². The number of carbonyl (C=O) groups excluding carboxylic acids is 1. The molecule has 98 valence electrons. The summed E-state index contributed by atoms with van der Waals surface area (Å²) in [5, 5.41) is 0.577. The third-order valence-electron chi connectivity index (χ3n) is 3.42. The van der Waals surface area contributed by atoms with Crippen LogP contribution < -0.4 is 4.74 Å². The number of ether oxygens (including phenoxy) is 1. The average molecular weight is 267 g/mol. The van der Waals surface area contributed by atoms with Crippen molar-refractivity contribution < 1.29 is 9.53 Å². The summed E-state index contributed by atoms with van der Waals surface area (Å²) >= 11 is 5.92. The molecule has 0 radical (unpaired) electrons. The number of Topliss-reactive ketones (excluding diaryl/α,β-unsaturated/α-hetero) is 1. The van der Waals surface area contributed by atoms with Crippen LogP contribution in [0.25, 0.3) is 0 Å². The Labute approximate surface area is 113 Å². The fraction of sp³-hybridized carbons (Fsp3) is 0.533. The molecule has 1 aromatic rings. The van der Waals surface area contributed by atoms with Gasteiger partial charge in [-0.25, -0.2) is 0 Å². The molecule has 0 aromatic heterocycles. The van der Waals surface area contributed by atoms with E-state index >= 15 is 0 Å². The van der Waals surface area contributed by atoms with E-state index in [1.54, 1.807) is 19.1 Å². The summed E-state index contributed by atoms with van der Waals surface area (Å²) in [6.45, 7) is 1.55. The average Bonchev–Trinajstić information content (AvgIpc) is 2.60. The second-order valence-electron chi connectivity index (χ2n) is 4.93. The lowest BCUT2D eigenvalue weighted by molar-refractivity contribution is 0.100. The van der Waals surface area contributed by atoms with Gasteiger partial charge < -0.3 is 4.74 Å². The van der Waals surface area contributed by atoms with Crippen LogP contribution in [0.3, 0.4) is 0 Å². The van der Waals surface area contributed by atoms with E-state index in [1.165, 1.54) is 25.7 Å². The lowest BCUT2D eigenvalue weighted by Crippen LogP contribution is -2.16. The number of benzene rings is 1. The van der Waals surface area contributed by atoms with Crippen molar-refractivity contribution in [1.82, 2.24) is 0 Å². The van der Waals surface area contributed by atoms with Crippen LogP contribution in [0, 0.1) is 0 Å². The lowest BCUT2D eigenvalue weighted by atomic mass is 10.1. The SMILES string of the molecule is CC(=O)c1cc(Cl)ccc1OC1CCCCCC1. The van der Waals surface area contributed by atoms with Gasteiger partial charge in [0.05, 0.1) is 11.7 Å². The van der Waals surface area contributed by atoms with Gasteiger partial charge in [-0.05, 0) is 50.8 Å². The predicted molar refractivity (Wildman–Crippen MR) is 73.6 cm³/mol. The highest BCUT2D eigenvalue weighted by Gasteiger charge is 2.17. The molecular formula is C15H19ClO2. The minimum atomic E-state index is 0.00104. The molecule has 2 rings (SSSR count). The molecule has 3 heteroatoms. The normalized spacial score (nSPS) is 17.2. The summed E-state index contributed by atoms with van der Waals surface area (Å²) in [7, 11) is 0. The van der Waals surface area contributed by atoms with E-state index in [-0.39, 0.29) is 11.9 Å². The van der Waals surface area contributed by atoms with E-state index in [2.05, 4.69) is 0 Å². The molecule has 1 aliphatic carbocycles. The maximum absolute atomic E-state index is 11.6. The second kappa shape index (κ2) is 6.24. The summed E-state index contributed by atoms with van der Waals surface area (Å²) in [6.07, 6.45) is 7.42. The van der Waals surface area contributed by atoms with Gasteiger partial charge in [0, 0.05) is 5.02 Å². The van der Waals surface area contributed by atoms with E-state index in [1.807, 2.05) is 6.07 Å². The van der Waals surface area contributed by atoms with Gasteiger partial charge in [-0.3, -0.25) is 4.79 Å². The van der Waals surface area contributed by atoms with Crippen molar-refractivity contribution in [3.05, 3.63) is 28.8 Å². The molecule has 1 fully saturated rings. The first-order chi connectivity index (χ1) is 8.66. The van der Waals surface area contributed by atoms with Gasteiger partial charge in [-0.1, -0.05) is 24.4 Å². The number of hydrogen-bond acceptors (Lipinski definition) is 2. The lowest BCUT2D eigenvalue weighted by Gasteiger charge is -2.18. The number of ketones is 1. The van der Waals surface area contributed by atoms with Crippen LogP contribution in [0.1, 0.15) is 55.8 Å². The Bertz CT molecular complexity index is 421. The van der Waals surface area contributed by atoms with Crippen LogP contribution in [0.5, 0.6) is 5.75 Å². The van der Waals surface area contributed by atoms with E-state index in [0.29, 0.717) is 16.3 Å². The highest BCUT2D eigenvalue weighted by atomic mass is 35.5. The molecule has 0 N–H and O–H groups in total. The summed E-state index contributed by atoms with van der Waals surface area (Å²) in [6, 6.07) is 5.28. The molecule has 0 bridgehead atoms. The zero-order valence-corrected chi connectivity index (χ0v) is 11.5. The molecular weight excluding hydrogens is 248 g/mol. The molecule has 0 spiro atoms. The van der Waals surface area contributed by atoms with Crippen molar-refractivity contribution in [3.8, 4) is 5.75 Å². The first-order valence-corrected chi connectivity index (χ1v) is 7.02. The van der Waals surface area contributed by atoms with Crippen LogP contribution >= 0.6 is 11.6 Å². The Morgan fingerprint density at radius 2 is 1.89 bits per heavy atom. The van der Waals surface area contributed by atoms with Gasteiger partial charge in [0.25, 0.3) is 0 Å². The molecule has 1 aliphatic rings. The van der Waals surface area contributed by atoms with Gasteiger partial charge >= 0.3 is 0 Å². The third-order valence-corrected chi connectivity index (χ3v) is 3.65. The van der Waals surface area contributed by atoms with E-state index in [9.17, 15) is 4.79 Å². The van der Waals surface area contributed by atoms with Crippen molar-refractivity contribution in [3.63, 3.8) is 0 Å². The monoisotopic (exact) mass is 266 g/mol. The first kappa shape index (κ1) is 13.4. The van der Waals surface area contributed by atoms with Crippen molar-refractivity contribution in [2.24, 2.45) is 0 Å². The van der Waals surface area contributed by atoms with Gasteiger partial charge in [0.2, 0.25) is 0 Å². The highest BCUT2D eigenvalue weighted by Crippen LogP contribution is 2.28. The molecule has 2 nitrogen and oxygen atoms in total. The summed E-state index contributed by atoms with van der Waals surface area (Å²) in [5.41, 5.74) is 0.590. The van der Waals surface area contributed by atoms with Crippen LogP contribution in [0.15, 0.2) is 18.2 Å². The standard InChI is InChI=1S/C15H19ClO2/c1-11(17)14-10-12(16)8-9-15(14)18-13-6-4-2-3-5-7-13/h8-10,13H,2-7H2,1H3. The maximum atomic E-state index is 11.6. The fourth-order valence-electron chi connectivity index (χ4n) is 2.42. The molecule has 18 heavy (non-hydrogen) atoms. The second-order valence-corrected chi connectivity index (χ2v) is 5.36. The molecule has 0 heterocycles. The molecule has 0 atom stereocenters. The number of rotatable bonds is 3. The molecule has 1 saturated carbocycles. The van der Waals surface area contributed by atoms with Crippen LogP contribution in [-0.2, 0) is 0 Å². The Morgan fingerprint density at radius 1 is 1.22 bits per heavy atom. The van der Waals surface area contributed by atoms with Crippen molar-refractivity contribution >= 4 is 17.4 Å². The maximum Gasteiger partial charge on any atom is 0.163 e. The zero-order valence-electron chi connectivity index (χ0n) is 10.7. The van der Waals surface area contributed by atoms with Gasteiger partial charge in [-0.2, -0.15) is 0 Å². The Hall–Kier alpha value is -1.02. The van der Waals surface area contributed by atoms with Gasteiger partial charge in [-0.15, -0.1) is 0 Å². The zero-order chi connectivity index (χ0) is 13.0. The Kier molecular flexibility index (Phi) is 4.65. The topological polar surface area (TPSA) is 26.3 Å². The fourth-order valence-corrected chi connectivity index (χ4v) is 2.59. The Morgan fingerprint density at radius 3 is 2.50 bits per heavy atom. The predicted octanol–water partition coefficient (Wildman–Crippen LogP) is 4.64. The molecule has 0 aliphatic heterocycles. The van der Waals surface area contributed by atoms with Crippen LogP contribution in [0.2, 0.25) is 5.02 Å². The molecule has 0 saturated heterocycles. The summed E-state index contributed by atoms with van der Waals surface area (Å²) in [4.78, 5) is 11.6. The molecule has 0 unspecified atom stereocenters. The quantitative estimate of drug-likeness (QED) is 0.588. The number of hydrogen-bond donors (Lipinski definition) is 0. The largest absolute Gasteiger partial charge is 0.490 e. The van der Waals surface area contributed by atoms with Crippen molar-refractivity contribution in [2.75, 3.05) is 0 Å². The van der Waals surface area contributed by atoms with E-state index < -0.39 is 0 Å².